The molecule has 0 bridgehead atoms. The highest BCUT2D eigenvalue weighted by atomic mass is 35.5. The molecular weight excluding hydrogens is 326 g/mol. The average molecular weight is 350 g/mol. The molecule has 0 saturated carbocycles. The smallest absolute Gasteiger partial charge is 0.242 e. The quantitative estimate of drug-likeness (QED) is 0.644. The van der Waals surface area contributed by atoms with Crippen molar-refractivity contribution >= 4 is 23.2 Å². The van der Waals surface area contributed by atoms with Gasteiger partial charge in [-0.2, -0.15) is 5.10 Å². The van der Waals surface area contributed by atoms with Crippen molar-refractivity contribution in [2.24, 2.45) is 5.73 Å². The zero-order valence-corrected chi connectivity index (χ0v) is 15.2. The van der Waals surface area contributed by atoms with Crippen molar-refractivity contribution < 1.29 is 4.79 Å². The first-order chi connectivity index (χ1) is 11.2. The summed E-state index contributed by atoms with van der Waals surface area (Å²) in [6.07, 6.45) is 0. The monoisotopic (exact) mass is 349 g/mol. The number of anilines is 1. The summed E-state index contributed by atoms with van der Waals surface area (Å²) in [6, 6.07) is 6.69. The van der Waals surface area contributed by atoms with Crippen LogP contribution in [0.1, 0.15) is 36.8 Å². The van der Waals surface area contributed by atoms with E-state index in [0.29, 0.717) is 11.6 Å². The fourth-order valence-corrected chi connectivity index (χ4v) is 2.72. The van der Waals surface area contributed by atoms with E-state index in [1.807, 2.05) is 52.0 Å². The second kappa shape index (κ2) is 7.23. The Morgan fingerprint density at radius 3 is 2.71 bits per heavy atom. The number of benzene rings is 1. The molecule has 0 aliphatic rings. The first-order valence-corrected chi connectivity index (χ1v) is 8.16. The third-order valence-electron chi connectivity index (χ3n) is 3.80. The number of amides is 1. The molecule has 1 atom stereocenters. The van der Waals surface area contributed by atoms with Crippen molar-refractivity contribution in [3.8, 4) is 0 Å². The second-order valence-corrected chi connectivity index (χ2v) is 7.00. The van der Waals surface area contributed by atoms with Crippen molar-refractivity contribution in [2.75, 3.05) is 11.9 Å². The van der Waals surface area contributed by atoms with E-state index in [4.69, 9.17) is 17.3 Å². The molecule has 6 nitrogen and oxygen atoms in total. The van der Waals surface area contributed by atoms with E-state index in [9.17, 15) is 4.79 Å². The predicted molar refractivity (Wildman–Crippen MR) is 97.2 cm³/mol. The van der Waals surface area contributed by atoms with Crippen LogP contribution in [0.4, 0.5) is 5.69 Å². The van der Waals surface area contributed by atoms with Crippen molar-refractivity contribution in [1.29, 1.82) is 0 Å². The number of nitrogens with zero attached hydrogens (tertiary/aromatic N) is 1. The minimum Gasteiger partial charge on any atom is -0.383 e. The molecule has 130 valence electrons. The maximum atomic E-state index is 12.5. The van der Waals surface area contributed by atoms with Gasteiger partial charge < -0.3 is 16.4 Å². The highest BCUT2D eigenvalue weighted by molar-refractivity contribution is 6.30. The number of nitrogens with two attached hydrogens (primary N) is 1. The van der Waals surface area contributed by atoms with Gasteiger partial charge in [-0.15, -0.1) is 0 Å². The average Bonchev–Trinajstić information content (AvgIpc) is 2.83. The highest BCUT2D eigenvalue weighted by Crippen LogP contribution is 2.19. The second-order valence-electron chi connectivity index (χ2n) is 6.56. The van der Waals surface area contributed by atoms with Gasteiger partial charge in [-0.25, -0.2) is 0 Å². The molecule has 0 spiro atoms. The lowest BCUT2D eigenvalue weighted by Crippen LogP contribution is -2.51. The van der Waals surface area contributed by atoms with Crippen LogP contribution in [0.25, 0.3) is 0 Å². The number of aromatic nitrogens is 2. The fraction of sp³-hybridized carbons (Fsp3) is 0.412. The van der Waals surface area contributed by atoms with Crippen LogP contribution < -0.4 is 16.4 Å². The molecule has 2 rings (SSSR count). The van der Waals surface area contributed by atoms with E-state index in [-0.39, 0.29) is 5.91 Å². The first-order valence-electron chi connectivity index (χ1n) is 7.78. The first kappa shape index (κ1) is 18.3. The molecule has 0 fully saturated rings. The SMILES string of the molecule is Cc1n[nH]c(C)c1[C@@H](N)C(=O)NC(C)(C)CNc1cccc(Cl)c1. The lowest BCUT2D eigenvalue weighted by atomic mass is 10.0. The van der Waals surface area contributed by atoms with E-state index in [1.165, 1.54) is 0 Å². The van der Waals surface area contributed by atoms with Crippen LogP contribution in [0.15, 0.2) is 24.3 Å². The molecule has 7 heteroatoms. The molecular formula is C17H24ClN5O. The van der Waals surface area contributed by atoms with E-state index in [1.54, 1.807) is 0 Å². The van der Waals surface area contributed by atoms with Gasteiger partial charge in [0.15, 0.2) is 0 Å². The molecule has 24 heavy (non-hydrogen) atoms. The zero-order valence-electron chi connectivity index (χ0n) is 14.4. The summed E-state index contributed by atoms with van der Waals surface area (Å²) in [7, 11) is 0. The summed E-state index contributed by atoms with van der Waals surface area (Å²) in [5.74, 6) is -0.236. The normalized spacial score (nSPS) is 12.8. The standard InChI is InChI=1S/C17H24ClN5O/c1-10-14(11(2)23-22-10)15(19)16(24)21-17(3,4)9-20-13-7-5-6-12(18)8-13/h5-8,15,20H,9,19H2,1-4H3,(H,21,24)(H,22,23)/t15-/m1/s1. The number of aryl methyl sites for hydroxylation is 2. The number of nitrogens with one attached hydrogen (secondary N) is 3. The molecule has 0 unspecified atom stereocenters. The van der Waals surface area contributed by atoms with Gasteiger partial charge in [-0.3, -0.25) is 9.89 Å². The Kier molecular flexibility index (Phi) is 5.51. The van der Waals surface area contributed by atoms with Gasteiger partial charge in [0, 0.05) is 28.5 Å². The summed E-state index contributed by atoms with van der Waals surface area (Å²) in [5, 5.41) is 13.9. The molecule has 5 N–H and O–H groups in total. The number of carbonyl (C=O) groups is 1. The number of hydrogen-bond donors (Lipinski definition) is 4. The van der Waals surface area contributed by atoms with Gasteiger partial charge in [0.25, 0.3) is 0 Å². The van der Waals surface area contributed by atoms with E-state index >= 15 is 0 Å². The number of carbonyl (C=O) groups excluding carboxylic acids is 1. The number of halogens is 1. The molecule has 1 amide bonds. The van der Waals surface area contributed by atoms with Crippen LogP contribution in [-0.4, -0.2) is 28.2 Å². The van der Waals surface area contributed by atoms with E-state index in [2.05, 4.69) is 20.8 Å². The molecule has 0 aliphatic carbocycles. The number of hydrogen-bond acceptors (Lipinski definition) is 4. The molecule has 0 aliphatic heterocycles. The van der Waals surface area contributed by atoms with Crippen molar-refractivity contribution in [3.63, 3.8) is 0 Å². The van der Waals surface area contributed by atoms with Crippen LogP contribution in [-0.2, 0) is 4.79 Å². The minimum absolute atomic E-state index is 0.236. The molecule has 0 saturated heterocycles. The Labute approximate surface area is 147 Å². The Hall–Kier alpha value is -2.05. The molecule has 1 aromatic carbocycles. The van der Waals surface area contributed by atoms with Crippen molar-refractivity contribution in [2.45, 2.75) is 39.3 Å². The van der Waals surface area contributed by atoms with Gasteiger partial charge >= 0.3 is 0 Å². The third-order valence-corrected chi connectivity index (χ3v) is 4.03. The lowest BCUT2D eigenvalue weighted by molar-refractivity contribution is -0.124. The van der Waals surface area contributed by atoms with Gasteiger partial charge in [0.2, 0.25) is 5.91 Å². The summed E-state index contributed by atoms with van der Waals surface area (Å²) in [6.45, 7) is 8.09. The van der Waals surface area contributed by atoms with Crippen molar-refractivity contribution in [1.82, 2.24) is 15.5 Å². The number of H-pyrrole nitrogens is 1. The van der Waals surface area contributed by atoms with Crippen LogP contribution >= 0.6 is 11.6 Å². The Bertz CT molecular complexity index is 706. The Morgan fingerprint density at radius 1 is 1.42 bits per heavy atom. The molecule has 2 aromatic rings. The number of rotatable bonds is 6. The summed E-state index contributed by atoms with van der Waals surface area (Å²) < 4.78 is 0. The topological polar surface area (TPSA) is 95.8 Å². The van der Waals surface area contributed by atoms with Gasteiger partial charge in [-0.05, 0) is 45.9 Å². The van der Waals surface area contributed by atoms with Gasteiger partial charge in [0.1, 0.15) is 6.04 Å². The largest absolute Gasteiger partial charge is 0.383 e. The molecule has 1 heterocycles. The molecule has 1 aromatic heterocycles. The minimum atomic E-state index is -0.755. The maximum Gasteiger partial charge on any atom is 0.242 e. The van der Waals surface area contributed by atoms with Crippen LogP contribution in [0.3, 0.4) is 0 Å². The molecule has 0 radical (unpaired) electrons. The van der Waals surface area contributed by atoms with Crippen LogP contribution in [0, 0.1) is 13.8 Å². The maximum absolute atomic E-state index is 12.5. The Morgan fingerprint density at radius 2 is 2.12 bits per heavy atom. The van der Waals surface area contributed by atoms with Gasteiger partial charge in [0.05, 0.1) is 11.2 Å². The number of aromatic amines is 1. The van der Waals surface area contributed by atoms with Crippen LogP contribution in [0.2, 0.25) is 5.02 Å². The summed E-state index contributed by atoms with van der Waals surface area (Å²) >= 11 is 5.97. The lowest BCUT2D eigenvalue weighted by Gasteiger charge is -2.28. The van der Waals surface area contributed by atoms with E-state index < -0.39 is 11.6 Å². The zero-order chi connectivity index (χ0) is 17.9. The van der Waals surface area contributed by atoms with Crippen LogP contribution in [0.5, 0.6) is 0 Å². The van der Waals surface area contributed by atoms with Crippen molar-refractivity contribution in [3.05, 3.63) is 46.2 Å². The van der Waals surface area contributed by atoms with Gasteiger partial charge in [-0.1, -0.05) is 17.7 Å². The Balaban J connectivity index is 1.99. The third kappa shape index (κ3) is 4.49. The highest BCUT2D eigenvalue weighted by Gasteiger charge is 2.27. The summed E-state index contributed by atoms with van der Waals surface area (Å²) in [4.78, 5) is 12.5. The summed E-state index contributed by atoms with van der Waals surface area (Å²) in [5.41, 5.74) is 8.82. The van der Waals surface area contributed by atoms with E-state index in [0.717, 1.165) is 22.6 Å². The predicted octanol–water partition coefficient (Wildman–Crippen LogP) is 2.69. The fourth-order valence-electron chi connectivity index (χ4n) is 2.53.